The summed E-state index contributed by atoms with van der Waals surface area (Å²) in [4.78, 5) is 14.0. The molecule has 5 N–H and O–H groups in total. The van der Waals surface area contributed by atoms with Crippen LogP contribution in [0, 0.1) is 44.1 Å². The van der Waals surface area contributed by atoms with Crippen molar-refractivity contribution in [2.45, 2.75) is 32.2 Å². The van der Waals surface area contributed by atoms with Gasteiger partial charge in [0.15, 0.2) is 0 Å². The fraction of sp³-hybridized carbons (Fsp3) is 0.778. The Labute approximate surface area is 136 Å². The van der Waals surface area contributed by atoms with Crippen molar-refractivity contribution in [1.82, 2.24) is 5.06 Å². The van der Waals surface area contributed by atoms with Crippen molar-refractivity contribution in [2.75, 3.05) is 13.3 Å². The summed E-state index contributed by atoms with van der Waals surface area (Å²) in [7, 11) is 0. The summed E-state index contributed by atoms with van der Waals surface area (Å²) in [6.45, 7) is 1.54. The topological polar surface area (TPSA) is 119 Å². The molecule has 0 amide bonds. The first-order valence-electron chi connectivity index (χ1n) is 5.05. The minimum atomic E-state index is -1.01. The number of rotatable bonds is 7. The van der Waals surface area contributed by atoms with Gasteiger partial charge in [0.2, 0.25) is 0 Å². The number of aliphatic imine (C=N–C) groups is 1. The summed E-state index contributed by atoms with van der Waals surface area (Å²) in [5.74, 6) is -0.691. The number of carboxylic acid groups (broad SMARTS) is 1. The number of carboxylic acids is 1. The number of aliphatic carboxylic acids is 1. The van der Waals surface area contributed by atoms with E-state index in [1.807, 2.05) is 0 Å². The number of aliphatic hydroxyl groups is 1. The Morgan fingerprint density at radius 1 is 1.47 bits per heavy atom. The maximum atomic E-state index is 10.4. The molecule has 0 heterocycles. The zero-order valence-corrected chi connectivity index (χ0v) is 14.7. The van der Waals surface area contributed by atoms with Crippen molar-refractivity contribution in [3.05, 3.63) is 0 Å². The normalized spacial score (nSPS) is 12.8. The van der Waals surface area contributed by atoms with Crippen molar-refractivity contribution in [3.8, 4) is 0 Å². The van der Waals surface area contributed by atoms with E-state index in [9.17, 15) is 10.0 Å². The molecule has 0 rings (SSSR count). The van der Waals surface area contributed by atoms with E-state index < -0.39 is 12.0 Å². The molecule has 1 atom stereocenters. The largest absolute Gasteiger partial charge is 0.480 e. The molecule has 0 aliphatic carbocycles. The zero-order valence-electron chi connectivity index (χ0n) is 9.91. The van der Waals surface area contributed by atoms with Gasteiger partial charge in [0.05, 0.1) is 0 Å². The van der Waals surface area contributed by atoms with E-state index in [0.29, 0.717) is 31.6 Å². The van der Waals surface area contributed by atoms with Gasteiger partial charge < -0.3 is 15.9 Å². The predicted octanol–water partition coefficient (Wildman–Crippen LogP) is -0.372. The van der Waals surface area contributed by atoms with Crippen LogP contribution >= 0.6 is 0 Å². The standard InChI is InChI=1S/C9H19N3O4.Ac/c1-7(11-6-13)12(16)5-3-2-4-8(10)9(14)15;/h8,13,16H,2-6,10H2,1H3,(H,14,15);/b11-7+;. The van der Waals surface area contributed by atoms with Crippen LogP contribution < -0.4 is 5.73 Å². The number of aliphatic hydroxyl groups excluding tert-OH is 1. The average molecular weight is 460 g/mol. The van der Waals surface area contributed by atoms with Crippen LogP contribution in [0.4, 0.5) is 0 Å². The third-order valence-corrected chi connectivity index (χ3v) is 2.13. The molecule has 0 spiro atoms. The number of amidine groups is 1. The number of hydrogen-bond donors (Lipinski definition) is 4. The van der Waals surface area contributed by atoms with Crippen LogP contribution in [0.2, 0.25) is 0 Å². The Kier molecular flexibility index (Phi) is 13.1. The van der Waals surface area contributed by atoms with Gasteiger partial charge >= 0.3 is 5.97 Å². The number of unbranched alkanes of at least 4 members (excludes halogenated alkanes) is 1. The molecular weight excluding hydrogens is 441 g/mol. The monoisotopic (exact) mass is 460 g/mol. The van der Waals surface area contributed by atoms with Crippen molar-refractivity contribution >= 4 is 11.8 Å². The minimum absolute atomic E-state index is 0. The van der Waals surface area contributed by atoms with Crippen molar-refractivity contribution in [1.29, 1.82) is 0 Å². The van der Waals surface area contributed by atoms with E-state index in [1.54, 1.807) is 6.92 Å². The second-order valence-corrected chi connectivity index (χ2v) is 3.41. The molecule has 0 aromatic heterocycles. The molecule has 0 saturated carbocycles. The van der Waals surface area contributed by atoms with Gasteiger partial charge in [0.1, 0.15) is 18.6 Å². The maximum absolute atomic E-state index is 10.4. The van der Waals surface area contributed by atoms with Crippen LogP contribution in [-0.4, -0.2) is 51.6 Å². The van der Waals surface area contributed by atoms with E-state index in [1.165, 1.54) is 0 Å². The molecule has 0 aliphatic heterocycles. The van der Waals surface area contributed by atoms with Gasteiger partial charge in [-0.15, -0.1) is 0 Å². The Hall–Kier alpha value is 0.262. The fourth-order valence-electron chi connectivity index (χ4n) is 1.10. The van der Waals surface area contributed by atoms with Crippen LogP contribution in [0.1, 0.15) is 26.2 Å². The van der Waals surface area contributed by atoms with Crippen LogP contribution in [-0.2, 0) is 4.79 Å². The van der Waals surface area contributed by atoms with Gasteiger partial charge in [-0.2, -0.15) is 0 Å². The Balaban J connectivity index is 0. The number of carbonyl (C=O) groups is 1. The summed E-state index contributed by atoms with van der Waals surface area (Å²) in [6, 6.07) is -0.848. The third-order valence-electron chi connectivity index (χ3n) is 2.13. The first kappa shape index (κ1) is 19.6. The van der Waals surface area contributed by atoms with Gasteiger partial charge in [-0.25, -0.2) is 10.1 Å². The summed E-state index contributed by atoms with van der Waals surface area (Å²) in [5.41, 5.74) is 5.31. The Morgan fingerprint density at radius 2 is 2.06 bits per heavy atom. The van der Waals surface area contributed by atoms with Gasteiger partial charge in [-0.1, -0.05) is 0 Å². The quantitative estimate of drug-likeness (QED) is 0.178. The van der Waals surface area contributed by atoms with Crippen LogP contribution in [0.3, 0.4) is 0 Å². The van der Waals surface area contributed by atoms with Crippen molar-refractivity contribution < 1.29 is 64.3 Å². The Morgan fingerprint density at radius 3 is 2.53 bits per heavy atom. The van der Waals surface area contributed by atoms with Gasteiger partial charge in [-0.05, 0) is 26.2 Å². The first-order chi connectivity index (χ1) is 7.49. The third kappa shape index (κ3) is 9.92. The molecule has 0 saturated heterocycles. The number of nitrogens with two attached hydrogens (primary N) is 1. The van der Waals surface area contributed by atoms with Crippen LogP contribution in [0.5, 0.6) is 0 Å². The zero-order chi connectivity index (χ0) is 12.6. The second kappa shape index (κ2) is 11.4. The SMILES string of the molecule is C/C(=N\CO)N(O)CCCCC(N)C(=O)O.[Ac]. The van der Waals surface area contributed by atoms with E-state index >= 15 is 0 Å². The summed E-state index contributed by atoms with van der Waals surface area (Å²) in [5, 5.41) is 27.3. The van der Waals surface area contributed by atoms with Crippen LogP contribution in [0.15, 0.2) is 4.99 Å². The van der Waals surface area contributed by atoms with Crippen LogP contribution in [0.25, 0.3) is 0 Å². The average Bonchev–Trinajstić information content (AvgIpc) is 2.23. The number of nitrogens with zero attached hydrogens (tertiary/aromatic N) is 2. The molecule has 1 radical (unpaired) electrons. The van der Waals surface area contributed by atoms with E-state index in [4.69, 9.17) is 15.9 Å². The summed E-state index contributed by atoms with van der Waals surface area (Å²) < 4.78 is 0. The number of hydrogen-bond acceptors (Lipinski definition) is 5. The van der Waals surface area contributed by atoms with E-state index in [0.717, 1.165) is 5.06 Å². The summed E-state index contributed by atoms with van der Waals surface area (Å²) in [6.07, 6.45) is 1.59. The van der Waals surface area contributed by atoms with Gasteiger partial charge in [0.25, 0.3) is 0 Å². The smallest absolute Gasteiger partial charge is 0.320 e. The second-order valence-electron chi connectivity index (χ2n) is 3.41. The minimum Gasteiger partial charge on any atom is -0.480 e. The maximum Gasteiger partial charge on any atom is 0.320 e. The van der Waals surface area contributed by atoms with E-state index in [-0.39, 0.29) is 50.8 Å². The molecule has 1 unspecified atom stereocenters. The molecular formula is C9H19AcN3O4. The molecule has 0 aromatic rings. The fourth-order valence-corrected chi connectivity index (χ4v) is 1.10. The molecule has 8 heteroatoms. The molecule has 0 aliphatic rings. The molecule has 0 bridgehead atoms. The summed E-state index contributed by atoms with van der Waals surface area (Å²) >= 11 is 0. The predicted molar refractivity (Wildman–Crippen MR) is 58.1 cm³/mol. The number of hydroxylamine groups is 2. The van der Waals surface area contributed by atoms with Crippen molar-refractivity contribution in [3.63, 3.8) is 0 Å². The van der Waals surface area contributed by atoms with Gasteiger partial charge in [0, 0.05) is 50.6 Å². The van der Waals surface area contributed by atoms with Crippen molar-refractivity contribution in [2.24, 2.45) is 10.7 Å². The first-order valence-corrected chi connectivity index (χ1v) is 5.05. The van der Waals surface area contributed by atoms with Gasteiger partial charge in [-0.3, -0.25) is 10.0 Å². The molecule has 17 heavy (non-hydrogen) atoms. The van der Waals surface area contributed by atoms with E-state index in [2.05, 4.69) is 4.99 Å². The molecule has 0 aromatic carbocycles. The molecule has 7 nitrogen and oxygen atoms in total. The molecule has 0 fully saturated rings. The molecule has 97 valence electrons. The Bertz CT molecular complexity index is 250.